The number of halogens is 1. The minimum atomic E-state index is -0.314. The molecule has 1 N–H and O–H groups in total. The van der Waals surface area contributed by atoms with Crippen LogP contribution in [-0.4, -0.2) is 67.9 Å². The van der Waals surface area contributed by atoms with Crippen LogP contribution in [0.15, 0.2) is 59.9 Å². The Kier molecular flexibility index (Phi) is 6.78. The van der Waals surface area contributed by atoms with Crippen LogP contribution in [-0.2, 0) is 12.1 Å². The molecule has 206 valence electrons. The van der Waals surface area contributed by atoms with Crippen LogP contribution in [0, 0.1) is 6.92 Å². The van der Waals surface area contributed by atoms with E-state index in [2.05, 4.69) is 66.2 Å². The Morgan fingerprint density at radius 2 is 1.68 bits per heavy atom. The van der Waals surface area contributed by atoms with E-state index in [4.69, 9.17) is 21.7 Å². The van der Waals surface area contributed by atoms with Crippen LogP contribution >= 0.6 is 11.6 Å². The Morgan fingerprint density at radius 1 is 0.900 bits per heavy atom. The summed E-state index contributed by atoms with van der Waals surface area (Å²) in [5, 5.41) is 17.9. The predicted molar refractivity (Wildman–Crippen MR) is 158 cm³/mol. The first-order valence-corrected chi connectivity index (χ1v) is 14.9. The summed E-state index contributed by atoms with van der Waals surface area (Å²) in [5.74, 6) is 1.82. The molecule has 1 saturated carbocycles. The Morgan fingerprint density at radius 3 is 2.48 bits per heavy atom. The van der Waals surface area contributed by atoms with Crippen LogP contribution in [0.25, 0.3) is 16.8 Å². The Labute approximate surface area is 240 Å². The minimum absolute atomic E-state index is 0.314. The molecule has 2 aliphatic heterocycles. The molecule has 1 aliphatic carbocycles. The third-order valence-electron chi connectivity index (χ3n) is 8.44. The van der Waals surface area contributed by atoms with Gasteiger partial charge in [-0.15, -0.1) is 10.2 Å². The van der Waals surface area contributed by atoms with E-state index < -0.39 is 0 Å². The zero-order chi connectivity index (χ0) is 27.1. The van der Waals surface area contributed by atoms with Gasteiger partial charge in [0.2, 0.25) is 0 Å². The second kappa shape index (κ2) is 10.6. The summed E-state index contributed by atoms with van der Waals surface area (Å²) in [4.78, 5) is 7.94. The third kappa shape index (κ3) is 4.89. The number of fused-ring (bicyclic) bond motifs is 4. The van der Waals surface area contributed by atoms with Crippen molar-refractivity contribution in [3.8, 4) is 16.8 Å². The summed E-state index contributed by atoms with van der Waals surface area (Å²) in [6.45, 7) is 8.74. The molecule has 1 saturated heterocycles. The lowest BCUT2D eigenvalue weighted by Crippen LogP contribution is -2.43. The van der Waals surface area contributed by atoms with Gasteiger partial charge in [-0.25, -0.2) is 0 Å². The summed E-state index contributed by atoms with van der Waals surface area (Å²) in [6.07, 6.45) is 9.72. The van der Waals surface area contributed by atoms with Crippen molar-refractivity contribution >= 4 is 17.3 Å². The molecule has 0 bridgehead atoms. The molecule has 2 aromatic carbocycles. The van der Waals surface area contributed by atoms with Crippen molar-refractivity contribution in [1.82, 2.24) is 34.8 Å². The van der Waals surface area contributed by atoms with Gasteiger partial charge in [-0.2, -0.15) is 5.10 Å². The SMILES string of the molecule is Cc1nnc2n1-c1ccc(-c3cnn(CCCCCN4CCNCC4)c3)cc1C(c1ccc(Cl)cc1)=NC21CC1. The molecule has 0 atom stereocenters. The number of rotatable bonds is 8. The van der Waals surface area contributed by atoms with Gasteiger partial charge in [0.05, 0.1) is 17.6 Å². The molecule has 2 aromatic heterocycles. The molecular weight excluding hydrogens is 520 g/mol. The quantitative estimate of drug-likeness (QED) is 0.310. The van der Waals surface area contributed by atoms with Crippen molar-refractivity contribution in [2.45, 2.75) is 51.1 Å². The minimum Gasteiger partial charge on any atom is -0.314 e. The fraction of sp³-hybridized carbons (Fsp3) is 0.419. The molecule has 1 spiro atoms. The van der Waals surface area contributed by atoms with Gasteiger partial charge in [0.15, 0.2) is 5.82 Å². The molecule has 0 unspecified atom stereocenters. The summed E-state index contributed by atoms with van der Waals surface area (Å²) in [7, 11) is 0. The lowest BCUT2D eigenvalue weighted by molar-refractivity contribution is 0.235. The number of aryl methyl sites for hydroxylation is 2. The first-order valence-electron chi connectivity index (χ1n) is 14.5. The van der Waals surface area contributed by atoms with Gasteiger partial charge in [0, 0.05) is 60.6 Å². The Hall–Kier alpha value is -3.33. The molecule has 7 rings (SSSR count). The highest BCUT2D eigenvalue weighted by atomic mass is 35.5. The van der Waals surface area contributed by atoms with Crippen molar-refractivity contribution in [2.24, 2.45) is 4.99 Å². The number of benzene rings is 2. The maximum absolute atomic E-state index is 6.25. The summed E-state index contributed by atoms with van der Waals surface area (Å²) in [6, 6.07) is 14.6. The van der Waals surface area contributed by atoms with Crippen molar-refractivity contribution in [3.63, 3.8) is 0 Å². The maximum Gasteiger partial charge on any atom is 0.165 e. The number of hydrogen-bond donors (Lipinski definition) is 1. The van der Waals surface area contributed by atoms with Crippen LogP contribution in [0.3, 0.4) is 0 Å². The van der Waals surface area contributed by atoms with Gasteiger partial charge >= 0.3 is 0 Å². The van der Waals surface area contributed by atoms with Crippen molar-refractivity contribution < 1.29 is 0 Å². The van der Waals surface area contributed by atoms with Crippen LogP contribution in [0.1, 0.15) is 54.9 Å². The zero-order valence-corrected chi connectivity index (χ0v) is 23.7. The van der Waals surface area contributed by atoms with E-state index in [0.29, 0.717) is 0 Å². The number of piperazine rings is 1. The largest absolute Gasteiger partial charge is 0.314 e. The van der Waals surface area contributed by atoms with Gasteiger partial charge in [0.1, 0.15) is 11.4 Å². The van der Waals surface area contributed by atoms with Crippen LogP contribution in [0.4, 0.5) is 0 Å². The molecule has 8 nitrogen and oxygen atoms in total. The standard InChI is InChI=1S/C31H35ClN8/c1-22-36-37-30-31(11-12-31)35-29(23-5-8-26(32)9-6-23)27-19-24(7-10-28(27)40(22)30)25-20-34-39(21-25)16-4-2-3-15-38-17-13-33-14-18-38/h5-10,19-21,33H,2-4,11-18H2,1H3. The van der Waals surface area contributed by atoms with E-state index in [1.54, 1.807) is 0 Å². The molecule has 4 aromatic rings. The average Bonchev–Trinajstić information content (AvgIpc) is 3.45. The van der Waals surface area contributed by atoms with Crippen molar-refractivity contribution in [1.29, 1.82) is 0 Å². The fourth-order valence-electron chi connectivity index (χ4n) is 6.01. The van der Waals surface area contributed by atoms with Crippen molar-refractivity contribution in [2.75, 3.05) is 32.7 Å². The van der Waals surface area contributed by atoms with Crippen LogP contribution in [0.5, 0.6) is 0 Å². The molecule has 40 heavy (non-hydrogen) atoms. The number of hydrogen-bond acceptors (Lipinski definition) is 6. The van der Waals surface area contributed by atoms with E-state index >= 15 is 0 Å². The first kappa shape index (κ1) is 25.6. The lowest BCUT2D eigenvalue weighted by Gasteiger charge is -2.26. The normalized spacial score (nSPS) is 17.8. The molecule has 0 radical (unpaired) electrons. The summed E-state index contributed by atoms with van der Waals surface area (Å²) in [5.41, 5.74) is 6.11. The molecule has 4 heterocycles. The smallest absolute Gasteiger partial charge is 0.165 e. The van der Waals surface area contributed by atoms with E-state index in [9.17, 15) is 0 Å². The maximum atomic E-state index is 6.25. The Bertz CT molecular complexity index is 1540. The molecular formula is C31H35ClN8. The monoisotopic (exact) mass is 554 g/mol. The second-order valence-corrected chi connectivity index (χ2v) is 11.7. The molecule has 0 amide bonds. The highest BCUT2D eigenvalue weighted by molar-refractivity contribution is 6.30. The van der Waals surface area contributed by atoms with Gasteiger partial charge in [-0.1, -0.05) is 36.2 Å². The van der Waals surface area contributed by atoms with Crippen LogP contribution in [0.2, 0.25) is 5.02 Å². The fourth-order valence-corrected chi connectivity index (χ4v) is 6.14. The van der Waals surface area contributed by atoms with Gasteiger partial charge < -0.3 is 10.2 Å². The van der Waals surface area contributed by atoms with Crippen molar-refractivity contribution in [3.05, 3.63) is 82.7 Å². The first-order chi connectivity index (χ1) is 19.6. The van der Waals surface area contributed by atoms with Crippen LogP contribution < -0.4 is 5.32 Å². The molecule has 3 aliphatic rings. The average molecular weight is 555 g/mol. The third-order valence-corrected chi connectivity index (χ3v) is 8.69. The topological polar surface area (TPSA) is 76.2 Å². The highest BCUT2D eigenvalue weighted by Gasteiger charge is 2.51. The number of aromatic nitrogens is 5. The highest BCUT2D eigenvalue weighted by Crippen LogP contribution is 2.51. The van der Waals surface area contributed by atoms with E-state index in [1.165, 1.54) is 32.5 Å². The number of aliphatic imine (C=N–C) groups is 1. The lowest BCUT2D eigenvalue weighted by atomic mass is 9.96. The number of unbranched alkanes of at least 4 members (excludes halogenated alkanes) is 2. The molecule has 9 heteroatoms. The Balaban J connectivity index is 1.15. The zero-order valence-electron chi connectivity index (χ0n) is 23.0. The van der Waals surface area contributed by atoms with Gasteiger partial charge in [-0.05, 0) is 69.0 Å². The van der Waals surface area contributed by atoms with E-state index in [1.807, 2.05) is 25.3 Å². The van der Waals surface area contributed by atoms with Gasteiger partial charge in [-0.3, -0.25) is 14.2 Å². The summed E-state index contributed by atoms with van der Waals surface area (Å²) >= 11 is 6.25. The predicted octanol–water partition coefficient (Wildman–Crippen LogP) is 5.01. The second-order valence-electron chi connectivity index (χ2n) is 11.3. The number of nitrogens with one attached hydrogen (secondary N) is 1. The summed E-state index contributed by atoms with van der Waals surface area (Å²) < 4.78 is 4.28. The molecule has 2 fully saturated rings. The van der Waals surface area contributed by atoms with Gasteiger partial charge in [0.25, 0.3) is 0 Å². The van der Waals surface area contributed by atoms with E-state index in [0.717, 1.165) is 89.2 Å². The van der Waals surface area contributed by atoms with E-state index in [-0.39, 0.29) is 5.54 Å². The number of nitrogens with zero attached hydrogens (tertiary/aromatic N) is 7.